The van der Waals surface area contributed by atoms with Crippen molar-refractivity contribution < 1.29 is 45.3 Å². The van der Waals surface area contributed by atoms with Gasteiger partial charge in [-0.05, 0) is 46.3 Å². The Morgan fingerprint density at radius 1 is 0.923 bits per heavy atom. The second-order valence-electron chi connectivity index (χ2n) is 7.57. The first-order chi connectivity index (χ1) is 18.2. The minimum absolute atomic E-state index is 0.0632. The van der Waals surface area contributed by atoms with Crippen LogP contribution in [0.25, 0.3) is 22.8 Å². The van der Waals surface area contributed by atoms with Gasteiger partial charge in [-0.15, -0.1) is 0 Å². The van der Waals surface area contributed by atoms with Crippen LogP contribution in [-0.4, -0.2) is 57.9 Å². The van der Waals surface area contributed by atoms with Crippen molar-refractivity contribution >= 4 is 31.6 Å². The zero-order valence-electron chi connectivity index (χ0n) is 19.3. The summed E-state index contributed by atoms with van der Waals surface area (Å²) in [6, 6.07) is 10.9. The van der Waals surface area contributed by atoms with Gasteiger partial charge in [-0.25, -0.2) is 0 Å². The lowest BCUT2D eigenvalue weighted by Gasteiger charge is -2.05. The number of benzene rings is 3. The van der Waals surface area contributed by atoms with Gasteiger partial charge in [0.05, 0.1) is 32.5 Å². The van der Waals surface area contributed by atoms with Gasteiger partial charge >= 0.3 is 11.5 Å². The molecule has 0 amide bonds. The topological polar surface area (TPSA) is 239 Å². The maximum atomic E-state index is 12.1. The molecule has 0 bridgehead atoms. The van der Waals surface area contributed by atoms with Crippen molar-refractivity contribution in [3.05, 3.63) is 80.9 Å². The molecule has 1 heterocycles. The number of aromatic nitrogens is 4. The predicted molar refractivity (Wildman–Crippen MR) is 128 cm³/mol. The fraction of sp³-hybridized carbons (Fsp3) is 0.0500. The van der Waals surface area contributed by atoms with Crippen LogP contribution in [0.4, 0.5) is 11.4 Å². The quantitative estimate of drug-likeness (QED) is 0.130. The van der Waals surface area contributed by atoms with Gasteiger partial charge in [-0.3, -0.25) is 29.3 Å². The van der Waals surface area contributed by atoms with Crippen LogP contribution in [0.2, 0.25) is 0 Å². The number of nitrogens with zero attached hydrogens (tertiary/aromatic N) is 6. The number of hydrogen-bond donors (Lipinski definition) is 2. The van der Waals surface area contributed by atoms with E-state index in [9.17, 15) is 46.2 Å². The number of nitro benzene ring substituents is 2. The first-order valence-electron chi connectivity index (χ1n) is 10.3. The fourth-order valence-corrected chi connectivity index (χ4v) is 4.80. The van der Waals surface area contributed by atoms with E-state index in [1.54, 1.807) is 0 Å². The minimum Gasteiger partial charge on any atom is -0.487 e. The van der Waals surface area contributed by atoms with Crippen molar-refractivity contribution in [1.29, 1.82) is 0 Å². The van der Waals surface area contributed by atoms with Crippen LogP contribution in [0, 0.1) is 20.2 Å². The Bertz CT molecular complexity index is 1850. The third kappa shape index (κ3) is 5.27. The summed E-state index contributed by atoms with van der Waals surface area (Å²) in [4.78, 5) is 21.4. The van der Waals surface area contributed by atoms with Crippen molar-refractivity contribution in [2.45, 2.75) is 9.79 Å². The molecule has 0 aliphatic rings. The van der Waals surface area contributed by atoms with E-state index in [4.69, 9.17) is 4.74 Å². The SMILES string of the molecule is COc1c([N+](=O)[O-])cccc1-[n+]1nc(-c2ccc(S(=O)(=O)O)cc2S(=O)(=O)O)nn1-c1ccc([N+](=O)[O-])cc1. The number of rotatable bonds is 8. The van der Waals surface area contributed by atoms with Gasteiger partial charge in [-0.2, -0.15) is 16.8 Å². The molecule has 39 heavy (non-hydrogen) atoms. The summed E-state index contributed by atoms with van der Waals surface area (Å²) in [5.41, 5.74) is -1.09. The van der Waals surface area contributed by atoms with Crippen LogP contribution in [-0.2, 0) is 20.2 Å². The summed E-state index contributed by atoms with van der Waals surface area (Å²) in [5.74, 6) is -0.706. The molecule has 19 heteroatoms. The maximum absolute atomic E-state index is 12.1. The number of para-hydroxylation sites is 1. The average molecular weight is 580 g/mol. The van der Waals surface area contributed by atoms with Crippen LogP contribution < -0.4 is 9.53 Å². The lowest BCUT2D eigenvalue weighted by Crippen LogP contribution is -2.43. The molecule has 0 atom stereocenters. The highest BCUT2D eigenvalue weighted by molar-refractivity contribution is 7.86. The zero-order chi connectivity index (χ0) is 28.7. The maximum Gasteiger partial charge on any atom is 0.341 e. The lowest BCUT2D eigenvalue weighted by molar-refractivity contribution is -0.734. The lowest BCUT2D eigenvalue weighted by atomic mass is 10.2. The van der Waals surface area contributed by atoms with Crippen molar-refractivity contribution in [2.75, 3.05) is 7.11 Å². The molecule has 0 unspecified atom stereocenters. The average Bonchev–Trinajstić information content (AvgIpc) is 3.32. The van der Waals surface area contributed by atoms with Crippen molar-refractivity contribution in [3.63, 3.8) is 0 Å². The second-order valence-corrected chi connectivity index (χ2v) is 10.4. The molecule has 2 N–H and O–H groups in total. The Morgan fingerprint density at radius 3 is 2.13 bits per heavy atom. The largest absolute Gasteiger partial charge is 0.487 e. The second kappa shape index (κ2) is 9.79. The molecule has 1 aromatic heterocycles. The molecule has 0 aliphatic heterocycles. The first kappa shape index (κ1) is 27.2. The van der Waals surface area contributed by atoms with Gasteiger partial charge in [0.1, 0.15) is 10.6 Å². The van der Waals surface area contributed by atoms with Crippen LogP contribution in [0.3, 0.4) is 0 Å². The molecular weight excluding hydrogens is 564 g/mol. The Labute approximate surface area is 218 Å². The smallest absolute Gasteiger partial charge is 0.341 e. The molecule has 3 aromatic carbocycles. The number of nitro groups is 2. The molecule has 17 nitrogen and oxygen atoms in total. The molecule has 0 spiro atoms. The fourth-order valence-electron chi connectivity index (χ4n) is 3.51. The van der Waals surface area contributed by atoms with Crippen LogP contribution in [0.5, 0.6) is 5.75 Å². The summed E-state index contributed by atoms with van der Waals surface area (Å²) >= 11 is 0. The van der Waals surface area contributed by atoms with Gasteiger partial charge in [0.25, 0.3) is 25.9 Å². The van der Waals surface area contributed by atoms with Gasteiger partial charge in [-0.1, -0.05) is 6.07 Å². The van der Waals surface area contributed by atoms with E-state index in [0.717, 1.165) is 47.0 Å². The molecule has 0 fully saturated rings. The number of hydrogen-bond acceptors (Lipinski definition) is 11. The van der Waals surface area contributed by atoms with Crippen LogP contribution >= 0.6 is 0 Å². The number of methoxy groups -OCH3 is 1. The number of non-ortho nitro benzene ring substituents is 1. The summed E-state index contributed by atoms with van der Waals surface area (Å²) in [6.45, 7) is 0. The van der Waals surface area contributed by atoms with Gasteiger partial charge in [0.15, 0.2) is 0 Å². The van der Waals surface area contributed by atoms with E-state index in [1.807, 2.05) is 0 Å². The van der Waals surface area contributed by atoms with Crippen molar-refractivity contribution in [1.82, 2.24) is 15.0 Å². The number of ether oxygens (including phenoxy) is 1. The Hall–Kier alpha value is -4.85. The molecule has 202 valence electrons. The summed E-state index contributed by atoms with van der Waals surface area (Å²) in [7, 11) is -8.82. The van der Waals surface area contributed by atoms with Gasteiger partial charge in [0, 0.05) is 23.0 Å². The summed E-state index contributed by atoms with van der Waals surface area (Å²) in [5, 5.41) is 31.1. The summed E-state index contributed by atoms with van der Waals surface area (Å²) in [6.07, 6.45) is 0. The third-order valence-corrected chi connectivity index (χ3v) is 6.95. The van der Waals surface area contributed by atoms with Crippen molar-refractivity contribution in [3.8, 4) is 28.5 Å². The monoisotopic (exact) mass is 579 g/mol. The normalized spacial score (nSPS) is 11.8. The molecule has 0 saturated carbocycles. The molecule has 0 aliphatic carbocycles. The van der Waals surface area contributed by atoms with E-state index >= 15 is 0 Å². The Morgan fingerprint density at radius 2 is 1.59 bits per heavy atom. The summed E-state index contributed by atoms with van der Waals surface area (Å²) < 4.78 is 71.6. The van der Waals surface area contributed by atoms with Crippen LogP contribution in [0.1, 0.15) is 0 Å². The highest BCUT2D eigenvalue weighted by Gasteiger charge is 2.33. The standard InChI is InChI=1S/C20H14N6O11S2/c1-37-19-16(3-2-4-17(19)26(29)30)24-22-20(21-23(24)12-5-7-13(8-6-12)25(27)28)15-10-9-14(38(31,32)33)11-18(15)39(34,35)36/h2-11H,1H3,(H-,31,32,33,34,35,36)/p+1. The highest BCUT2D eigenvalue weighted by Crippen LogP contribution is 2.32. The molecule has 0 radical (unpaired) electrons. The molecule has 0 saturated heterocycles. The predicted octanol–water partition coefficient (Wildman–Crippen LogP) is 1.53. The first-order valence-corrected chi connectivity index (χ1v) is 13.2. The van der Waals surface area contributed by atoms with Gasteiger partial charge in [0.2, 0.25) is 11.4 Å². The third-order valence-electron chi connectivity index (χ3n) is 5.21. The van der Waals surface area contributed by atoms with E-state index in [0.29, 0.717) is 6.07 Å². The molecule has 4 aromatic rings. The van der Waals surface area contributed by atoms with Crippen LogP contribution in [0.15, 0.2) is 70.5 Å². The van der Waals surface area contributed by atoms with E-state index < -0.39 is 56.9 Å². The van der Waals surface area contributed by atoms with Gasteiger partial charge < -0.3 is 4.74 Å². The highest BCUT2D eigenvalue weighted by atomic mass is 32.2. The number of tetrazole rings is 1. The zero-order valence-corrected chi connectivity index (χ0v) is 21.0. The minimum atomic E-state index is -5.11. The van der Waals surface area contributed by atoms with E-state index in [2.05, 4.69) is 10.2 Å². The molecular formula is C20H15N6O11S2+. The van der Waals surface area contributed by atoms with E-state index in [-0.39, 0.29) is 22.8 Å². The van der Waals surface area contributed by atoms with Crippen molar-refractivity contribution in [2.24, 2.45) is 0 Å². The Balaban J connectivity index is 2.06. The van der Waals surface area contributed by atoms with E-state index in [1.165, 1.54) is 24.3 Å². The Kier molecular flexibility index (Phi) is 6.83. The molecule has 4 rings (SSSR count).